The third kappa shape index (κ3) is 4.73. The standard InChI is InChI=1S/C14H17ClN2O3S/c1-3-20-14(19)12-9(2)10(8-16)13(21-12)17-11(18)6-4-5-7-15/h3-7H2,1-2H3,(H,17,18). The van der Waals surface area contributed by atoms with Gasteiger partial charge in [-0.05, 0) is 32.3 Å². The van der Waals surface area contributed by atoms with E-state index in [0.717, 1.165) is 17.8 Å². The average Bonchev–Trinajstić information content (AvgIpc) is 2.75. The highest BCUT2D eigenvalue weighted by Crippen LogP contribution is 2.33. The van der Waals surface area contributed by atoms with Crippen LogP contribution in [0.25, 0.3) is 0 Å². The van der Waals surface area contributed by atoms with Gasteiger partial charge in [0.05, 0.1) is 12.2 Å². The van der Waals surface area contributed by atoms with Crippen molar-refractivity contribution in [3.63, 3.8) is 0 Å². The van der Waals surface area contributed by atoms with E-state index in [-0.39, 0.29) is 12.5 Å². The number of nitriles is 1. The van der Waals surface area contributed by atoms with Crippen molar-refractivity contribution in [2.24, 2.45) is 0 Å². The molecular formula is C14H17ClN2O3S. The molecular weight excluding hydrogens is 312 g/mol. The molecule has 114 valence electrons. The Morgan fingerprint density at radius 3 is 2.71 bits per heavy atom. The monoisotopic (exact) mass is 328 g/mol. The predicted molar refractivity (Wildman–Crippen MR) is 82.9 cm³/mol. The molecule has 0 spiro atoms. The molecule has 1 aromatic rings. The van der Waals surface area contributed by atoms with Crippen molar-refractivity contribution >= 4 is 39.8 Å². The number of carbonyl (C=O) groups excluding carboxylic acids is 2. The molecule has 1 aromatic heterocycles. The molecule has 0 aliphatic carbocycles. The number of ether oxygens (including phenoxy) is 1. The highest BCUT2D eigenvalue weighted by Gasteiger charge is 2.21. The zero-order valence-corrected chi connectivity index (χ0v) is 13.6. The van der Waals surface area contributed by atoms with Gasteiger partial charge in [-0.15, -0.1) is 22.9 Å². The molecule has 1 amide bonds. The fourth-order valence-electron chi connectivity index (χ4n) is 1.70. The van der Waals surface area contributed by atoms with Crippen LogP contribution in [0.15, 0.2) is 0 Å². The van der Waals surface area contributed by atoms with E-state index in [2.05, 4.69) is 5.32 Å². The summed E-state index contributed by atoms with van der Waals surface area (Å²) in [7, 11) is 0. The average molecular weight is 329 g/mol. The van der Waals surface area contributed by atoms with Crippen LogP contribution in [0.2, 0.25) is 0 Å². The van der Waals surface area contributed by atoms with Crippen molar-refractivity contribution in [1.82, 2.24) is 0 Å². The first-order valence-corrected chi connectivity index (χ1v) is 7.96. The largest absolute Gasteiger partial charge is 0.462 e. The highest BCUT2D eigenvalue weighted by atomic mass is 35.5. The van der Waals surface area contributed by atoms with Crippen LogP contribution < -0.4 is 5.32 Å². The minimum atomic E-state index is -0.473. The second-order valence-electron chi connectivity index (χ2n) is 4.29. The Balaban J connectivity index is 2.87. The zero-order chi connectivity index (χ0) is 15.8. The Morgan fingerprint density at radius 1 is 1.43 bits per heavy atom. The lowest BCUT2D eigenvalue weighted by Crippen LogP contribution is -2.11. The lowest BCUT2D eigenvalue weighted by atomic mass is 10.1. The number of hydrogen-bond acceptors (Lipinski definition) is 5. The number of amides is 1. The molecule has 0 aliphatic rings. The van der Waals surface area contributed by atoms with Gasteiger partial charge < -0.3 is 10.1 Å². The Kier molecular flexibility index (Phi) is 7.20. The number of thiophene rings is 1. The zero-order valence-electron chi connectivity index (χ0n) is 12.0. The Labute approximate surface area is 132 Å². The van der Waals surface area contributed by atoms with Crippen molar-refractivity contribution < 1.29 is 14.3 Å². The van der Waals surface area contributed by atoms with Gasteiger partial charge >= 0.3 is 5.97 Å². The lowest BCUT2D eigenvalue weighted by molar-refractivity contribution is -0.116. The number of carbonyl (C=O) groups is 2. The van der Waals surface area contributed by atoms with Crippen LogP contribution >= 0.6 is 22.9 Å². The Bertz CT molecular complexity index is 563. The van der Waals surface area contributed by atoms with Crippen molar-refractivity contribution in [3.05, 3.63) is 16.0 Å². The van der Waals surface area contributed by atoms with Crippen molar-refractivity contribution in [1.29, 1.82) is 5.26 Å². The smallest absolute Gasteiger partial charge is 0.348 e. The fraction of sp³-hybridized carbons (Fsp3) is 0.500. The first kappa shape index (κ1) is 17.5. The van der Waals surface area contributed by atoms with Gasteiger partial charge in [-0.25, -0.2) is 4.79 Å². The van der Waals surface area contributed by atoms with E-state index in [1.54, 1.807) is 13.8 Å². The van der Waals surface area contributed by atoms with Gasteiger partial charge in [0.15, 0.2) is 0 Å². The summed E-state index contributed by atoms with van der Waals surface area (Å²) in [6, 6.07) is 2.02. The van der Waals surface area contributed by atoms with Gasteiger partial charge in [-0.1, -0.05) is 0 Å². The molecule has 1 N–H and O–H groups in total. The first-order chi connectivity index (χ1) is 10.0. The lowest BCUT2D eigenvalue weighted by Gasteiger charge is -2.02. The Hall–Kier alpha value is -1.58. The number of esters is 1. The molecule has 0 radical (unpaired) electrons. The topological polar surface area (TPSA) is 79.2 Å². The van der Waals surface area contributed by atoms with Gasteiger partial charge in [0.1, 0.15) is 15.9 Å². The predicted octanol–water partition coefficient (Wildman–Crippen LogP) is 3.45. The second kappa shape index (κ2) is 8.65. The summed E-state index contributed by atoms with van der Waals surface area (Å²) in [5.74, 6) is -0.144. The number of unbranched alkanes of at least 4 members (excludes halogenated alkanes) is 1. The molecule has 0 bridgehead atoms. The number of nitrogens with one attached hydrogen (secondary N) is 1. The Morgan fingerprint density at radius 2 is 2.14 bits per heavy atom. The summed E-state index contributed by atoms with van der Waals surface area (Å²) in [5.41, 5.74) is 0.853. The normalized spacial score (nSPS) is 10.0. The third-order valence-corrected chi connectivity index (χ3v) is 4.21. The van der Waals surface area contributed by atoms with Crippen LogP contribution in [0, 0.1) is 18.3 Å². The molecule has 1 heterocycles. The van der Waals surface area contributed by atoms with Gasteiger partial charge in [-0.2, -0.15) is 5.26 Å². The second-order valence-corrected chi connectivity index (χ2v) is 5.69. The summed E-state index contributed by atoms with van der Waals surface area (Å²) in [5, 5.41) is 12.3. The molecule has 0 fully saturated rings. The first-order valence-electron chi connectivity index (χ1n) is 6.61. The minimum absolute atomic E-state index is 0.187. The number of nitrogens with zero attached hydrogens (tertiary/aromatic N) is 1. The quantitative estimate of drug-likeness (QED) is 0.472. The van der Waals surface area contributed by atoms with Crippen molar-refractivity contribution in [2.75, 3.05) is 17.8 Å². The van der Waals surface area contributed by atoms with Gasteiger partial charge in [-0.3, -0.25) is 4.79 Å². The summed E-state index contributed by atoms with van der Waals surface area (Å²) in [4.78, 5) is 23.9. The molecule has 0 saturated carbocycles. The van der Waals surface area contributed by atoms with Crippen LogP contribution in [0.1, 0.15) is 47.0 Å². The van der Waals surface area contributed by atoms with Crippen molar-refractivity contribution in [3.8, 4) is 6.07 Å². The van der Waals surface area contributed by atoms with Crippen molar-refractivity contribution in [2.45, 2.75) is 33.1 Å². The van der Waals surface area contributed by atoms with Gasteiger partial charge in [0.2, 0.25) is 5.91 Å². The molecule has 0 aliphatic heterocycles. The molecule has 0 unspecified atom stereocenters. The number of alkyl halides is 1. The number of halogens is 1. The molecule has 7 heteroatoms. The van der Waals surface area contributed by atoms with E-state index < -0.39 is 5.97 Å². The summed E-state index contributed by atoms with van der Waals surface area (Å²) >= 11 is 6.63. The maximum absolute atomic E-state index is 11.8. The minimum Gasteiger partial charge on any atom is -0.462 e. The maximum Gasteiger partial charge on any atom is 0.348 e. The van der Waals surface area contributed by atoms with E-state index in [0.29, 0.717) is 39.7 Å². The molecule has 21 heavy (non-hydrogen) atoms. The third-order valence-electron chi connectivity index (χ3n) is 2.76. The molecule has 5 nitrogen and oxygen atoms in total. The highest BCUT2D eigenvalue weighted by molar-refractivity contribution is 7.18. The van der Waals surface area contributed by atoms with Crippen LogP contribution in [-0.2, 0) is 9.53 Å². The van der Waals surface area contributed by atoms with E-state index >= 15 is 0 Å². The summed E-state index contributed by atoms with van der Waals surface area (Å²) in [6.45, 7) is 3.65. The van der Waals surface area contributed by atoms with Gasteiger partial charge in [0.25, 0.3) is 0 Å². The number of anilines is 1. The van der Waals surface area contributed by atoms with Gasteiger partial charge in [0, 0.05) is 12.3 Å². The van der Waals surface area contributed by atoms with Crippen LogP contribution in [0.3, 0.4) is 0 Å². The van der Waals surface area contributed by atoms with E-state index in [1.165, 1.54) is 0 Å². The van der Waals surface area contributed by atoms with E-state index in [4.69, 9.17) is 16.3 Å². The van der Waals surface area contributed by atoms with E-state index in [9.17, 15) is 14.9 Å². The molecule has 0 saturated heterocycles. The number of rotatable bonds is 7. The molecule has 1 rings (SSSR count). The summed E-state index contributed by atoms with van der Waals surface area (Å²) < 4.78 is 4.94. The number of hydrogen-bond donors (Lipinski definition) is 1. The SMILES string of the molecule is CCOC(=O)c1sc(NC(=O)CCCCCl)c(C#N)c1C. The molecule has 0 atom stereocenters. The van der Waals surface area contributed by atoms with Crippen LogP contribution in [0.4, 0.5) is 5.00 Å². The summed E-state index contributed by atoms with van der Waals surface area (Å²) in [6.07, 6.45) is 1.78. The fourth-order valence-corrected chi connectivity index (χ4v) is 2.95. The maximum atomic E-state index is 11.8. The molecule has 0 aromatic carbocycles. The van der Waals surface area contributed by atoms with E-state index in [1.807, 2.05) is 6.07 Å². The van der Waals surface area contributed by atoms with Crippen LogP contribution in [0.5, 0.6) is 0 Å². The van der Waals surface area contributed by atoms with Crippen LogP contribution in [-0.4, -0.2) is 24.4 Å².